The third-order valence-electron chi connectivity index (χ3n) is 5.03. The zero-order valence-electron chi connectivity index (χ0n) is 12.2. The molecule has 2 fully saturated rings. The van der Waals surface area contributed by atoms with Crippen LogP contribution < -0.4 is 0 Å². The molecule has 2 saturated carbocycles. The van der Waals surface area contributed by atoms with Crippen molar-refractivity contribution in [1.82, 2.24) is 4.90 Å². The normalized spacial score (nSPS) is 30.1. The van der Waals surface area contributed by atoms with E-state index in [1.165, 1.54) is 19.3 Å². The lowest BCUT2D eigenvalue weighted by Gasteiger charge is -2.52. The number of ether oxygens (including phenoxy) is 1. The molecule has 2 rings (SSSR count). The van der Waals surface area contributed by atoms with Crippen LogP contribution in [-0.4, -0.2) is 47.3 Å². The average Bonchev–Trinajstić information content (AvgIpc) is 2.33. The summed E-state index contributed by atoms with van der Waals surface area (Å²) in [7, 11) is 2.13. The summed E-state index contributed by atoms with van der Waals surface area (Å²) in [4.78, 5) is 13.6. The van der Waals surface area contributed by atoms with Crippen LogP contribution in [0.15, 0.2) is 0 Å². The van der Waals surface area contributed by atoms with Crippen molar-refractivity contribution in [2.45, 2.75) is 76.0 Å². The molecule has 2 aliphatic carbocycles. The van der Waals surface area contributed by atoms with Crippen LogP contribution in [-0.2, 0) is 9.53 Å². The first-order valence-corrected chi connectivity index (χ1v) is 7.64. The van der Waals surface area contributed by atoms with Gasteiger partial charge in [-0.15, -0.1) is 0 Å². The Morgan fingerprint density at radius 2 is 1.95 bits per heavy atom. The molecule has 0 amide bonds. The van der Waals surface area contributed by atoms with Crippen molar-refractivity contribution in [3.63, 3.8) is 0 Å². The molecule has 0 saturated heterocycles. The molecule has 2 aliphatic rings. The second kappa shape index (κ2) is 6.23. The highest BCUT2D eigenvalue weighted by molar-refractivity contribution is 5.68. The molecule has 0 aromatic carbocycles. The fraction of sp³-hybridized carbons (Fsp3) is 0.933. The van der Waals surface area contributed by atoms with Crippen molar-refractivity contribution >= 4 is 5.97 Å². The average molecular weight is 269 g/mol. The summed E-state index contributed by atoms with van der Waals surface area (Å²) in [6.45, 7) is 2.81. The van der Waals surface area contributed by atoms with Crippen molar-refractivity contribution in [3.8, 4) is 0 Å². The fourth-order valence-corrected chi connectivity index (χ4v) is 3.76. The first kappa shape index (κ1) is 14.8. The van der Waals surface area contributed by atoms with Gasteiger partial charge in [-0.1, -0.05) is 19.3 Å². The highest BCUT2D eigenvalue weighted by atomic mass is 16.5. The molecule has 4 heteroatoms. The maximum absolute atomic E-state index is 11.2. The minimum absolute atomic E-state index is 0.105. The quantitative estimate of drug-likeness (QED) is 0.805. The number of rotatable bonds is 6. The maximum Gasteiger partial charge on any atom is 0.305 e. The summed E-state index contributed by atoms with van der Waals surface area (Å²) < 4.78 is 5.62. The highest BCUT2D eigenvalue weighted by Gasteiger charge is 2.44. The summed E-state index contributed by atoms with van der Waals surface area (Å²) in [5.41, 5.74) is -0.105. The lowest BCUT2D eigenvalue weighted by atomic mass is 9.75. The van der Waals surface area contributed by atoms with E-state index in [1.807, 2.05) is 6.92 Å². The minimum atomic E-state index is -0.658. The number of carboxylic acids is 1. The molecular formula is C15H27NO3. The summed E-state index contributed by atoms with van der Waals surface area (Å²) in [5, 5.41) is 9.24. The van der Waals surface area contributed by atoms with Crippen LogP contribution in [0.4, 0.5) is 0 Å². The molecule has 0 heterocycles. The van der Waals surface area contributed by atoms with Crippen LogP contribution in [0.5, 0.6) is 0 Å². The van der Waals surface area contributed by atoms with Gasteiger partial charge in [0, 0.05) is 18.2 Å². The number of hydrogen-bond donors (Lipinski definition) is 1. The van der Waals surface area contributed by atoms with Gasteiger partial charge in [-0.2, -0.15) is 0 Å². The van der Waals surface area contributed by atoms with Crippen LogP contribution in [0, 0.1) is 0 Å². The topological polar surface area (TPSA) is 49.8 Å². The molecule has 0 bridgehead atoms. The Bertz CT molecular complexity index is 307. The van der Waals surface area contributed by atoms with Crippen LogP contribution >= 0.6 is 0 Å². The van der Waals surface area contributed by atoms with Gasteiger partial charge in [0.2, 0.25) is 0 Å². The molecule has 0 aliphatic heterocycles. The van der Waals surface area contributed by atoms with Crippen LogP contribution in [0.3, 0.4) is 0 Å². The number of nitrogens with zero attached hydrogens (tertiary/aromatic N) is 1. The van der Waals surface area contributed by atoms with Crippen LogP contribution in [0.1, 0.15) is 58.3 Å². The van der Waals surface area contributed by atoms with Gasteiger partial charge >= 0.3 is 5.97 Å². The fourth-order valence-electron chi connectivity index (χ4n) is 3.76. The predicted molar refractivity (Wildman–Crippen MR) is 74.3 cm³/mol. The van der Waals surface area contributed by atoms with E-state index < -0.39 is 5.97 Å². The van der Waals surface area contributed by atoms with Gasteiger partial charge < -0.3 is 9.84 Å². The van der Waals surface area contributed by atoms with Gasteiger partial charge in [-0.05, 0) is 39.7 Å². The van der Waals surface area contributed by atoms with Gasteiger partial charge in [-0.3, -0.25) is 9.69 Å². The molecule has 19 heavy (non-hydrogen) atoms. The smallest absolute Gasteiger partial charge is 0.305 e. The van der Waals surface area contributed by atoms with Crippen molar-refractivity contribution < 1.29 is 14.6 Å². The monoisotopic (exact) mass is 269 g/mol. The molecule has 1 N–H and O–H groups in total. The second-order valence-electron chi connectivity index (χ2n) is 6.17. The molecule has 110 valence electrons. The maximum atomic E-state index is 11.2. The predicted octanol–water partition coefficient (Wildman–Crippen LogP) is 2.66. The Morgan fingerprint density at radius 1 is 1.32 bits per heavy atom. The van der Waals surface area contributed by atoms with Gasteiger partial charge in [0.15, 0.2) is 0 Å². The standard InChI is InChI=1S/C15H27NO3/c1-3-19-13-9-12(10-13)16(2)15(11-14(17)18)7-5-4-6-8-15/h12-13H,3-11H2,1-2H3,(H,17,18). The molecule has 0 aromatic rings. The molecule has 0 atom stereocenters. The van der Waals surface area contributed by atoms with Gasteiger partial charge in [0.1, 0.15) is 0 Å². The Morgan fingerprint density at radius 3 is 2.47 bits per heavy atom. The number of hydrogen-bond acceptors (Lipinski definition) is 3. The Balaban J connectivity index is 1.96. The van der Waals surface area contributed by atoms with Gasteiger partial charge in [0.05, 0.1) is 12.5 Å². The van der Waals surface area contributed by atoms with E-state index in [9.17, 15) is 9.90 Å². The van der Waals surface area contributed by atoms with E-state index in [2.05, 4.69) is 11.9 Å². The molecular weight excluding hydrogens is 242 g/mol. The number of aliphatic carboxylic acids is 1. The van der Waals surface area contributed by atoms with E-state index in [1.54, 1.807) is 0 Å². The van der Waals surface area contributed by atoms with Gasteiger partial charge in [0.25, 0.3) is 0 Å². The Hall–Kier alpha value is -0.610. The van der Waals surface area contributed by atoms with Crippen molar-refractivity contribution in [3.05, 3.63) is 0 Å². The Kier molecular flexibility index (Phi) is 4.85. The zero-order valence-corrected chi connectivity index (χ0v) is 12.2. The number of carbonyl (C=O) groups is 1. The number of carboxylic acid groups (broad SMARTS) is 1. The van der Waals surface area contributed by atoms with E-state index in [-0.39, 0.29) is 5.54 Å². The zero-order chi connectivity index (χ0) is 13.9. The molecule has 4 nitrogen and oxygen atoms in total. The van der Waals surface area contributed by atoms with E-state index in [0.29, 0.717) is 18.6 Å². The molecule has 0 radical (unpaired) electrons. The van der Waals surface area contributed by atoms with E-state index >= 15 is 0 Å². The second-order valence-corrected chi connectivity index (χ2v) is 6.17. The summed E-state index contributed by atoms with van der Waals surface area (Å²) >= 11 is 0. The van der Waals surface area contributed by atoms with Crippen molar-refractivity contribution in [2.75, 3.05) is 13.7 Å². The van der Waals surface area contributed by atoms with Crippen LogP contribution in [0.25, 0.3) is 0 Å². The summed E-state index contributed by atoms with van der Waals surface area (Å²) in [6, 6.07) is 0.508. The minimum Gasteiger partial charge on any atom is -0.481 e. The van der Waals surface area contributed by atoms with E-state index in [0.717, 1.165) is 32.3 Å². The molecule has 0 unspecified atom stereocenters. The first-order chi connectivity index (χ1) is 9.07. The first-order valence-electron chi connectivity index (χ1n) is 7.64. The summed E-state index contributed by atoms with van der Waals surface area (Å²) in [6.07, 6.45) is 8.45. The van der Waals surface area contributed by atoms with Gasteiger partial charge in [-0.25, -0.2) is 0 Å². The third kappa shape index (κ3) is 3.29. The third-order valence-corrected chi connectivity index (χ3v) is 5.03. The van der Waals surface area contributed by atoms with Crippen LogP contribution in [0.2, 0.25) is 0 Å². The SMILES string of the molecule is CCOC1CC(N(C)C2(CC(=O)O)CCCCC2)C1. The summed E-state index contributed by atoms with van der Waals surface area (Å²) in [5.74, 6) is -0.658. The Labute approximate surface area is 116 Å². The largest absolute Gasteiger partial charge is 0.481 e. The van der Waals surface area contributed by atoms with Crippen molar-refractivity contribution in [2.24, 2.45) is 0 Å². The van der Waals surface area contributed by atoms with Crippen molar-refractivity contribution in [1.29, 1.82) is 0 Å². The highest BCUT2D eigenvalue weighted by Crippen LogP contribution is 2.41. The van der Waals surface area contributed by atoms with E-state index in [4.69, 9.17) is 4.74 Å². The molecule has 0 spiro atoms. The lowest BCUT2D eigenvalue weighted by molar-refractivity contribution is -0.143. The lowest BCUT2D eigenvalue weighted by Crippen LogP contribution is -2.58. The molecule has 0 aromatic heterocycles.